The van der Waals surface area contributed by atoms with Crippen LogP contribution in [0.2, 0.25) is 0 Å². The fourth-order valence-electron chi connectivity index (χ4n) is 2.98. The van der Waals surface area contributed by atoms with Crippen LogP contribution in [0.3, 0.4) is 0 Å². The Hall–Kier alpha value is -0.170. The number of nitrogens with two attached hydrogens (primary N) is 1. The summed E-state index contributed by atoms with van der Waals surface area (Å²) in [5.74, 6) is 0.355. The van der Waals surface area contributed by atoms with Crippen molar-refractivity contribution in [1.29, 1.82) is 0 Å². The van der Waals surface area contributed by atoms with Gasteiger partial charge >= 0.3 is 0 Å². The molecule has 0 aromatic carbocycles. The van der Waals surface area contributed by atoms with Gasteiger partial charge in [-0.1, -0.05) is 13.3 Å². The van der Waals surface area contributed by atoms with E-state index in [4.69, 9.17) is 10.5 Å². The molecular formula is C14H30N2O3S. The minimum atomic E-state index is -3.07. The smallest absolute Gasteiger partial charge is 0.211 e. The maximum atomic E-state index is 11.6. The molecule has 1 heterocycles. The average molecular weight is 306 g/mol. The van der Waals surface area contributed by atoms with Crippen molar-refractivity contribution < 1.29 is 13.2 Å². The van der Waals surface area contributed by atoms with Gasteiger partial charge in [0.25, 0.3) is 0 Å². The van der Waals surface area contributed by atoms with E-state index in [1.165, 1.54) is 6.26 Å². The number of nitrogens with zero attached hydrogens (tertiary/aromatic N) is 1. The van der Waals surface area contributed by atoms with Crippen LogP contribution in [-0.2, 0) is 14.8 Å². The molecule has 3 atom stereocenters. The summed E-state index contributed by atoms with van der Waals surface area (Å²) in [6.45, 7) is 6.05. The van der Waals surface area contributed by atoms with Crippen LogP contribution in [0, 0.1) is 5.92 Å². The minimum Gasteiger partial charge on any atom is -0.377 e. The van der Waals surface area contributed by atoms with Crippen molar-refractivity contribution in [2.75, 3.05) is 26.0 Å². The zero-order valence-corrected chi connectivity index (χ0v) is 13.9. The maximum Gasteiger partial charge on any atom is 0.211 e. The van der Waals surface area contributed by atoms with Gasteiger partial charge in [-0.25, -0.2) is 12.7 Å². The second kappa shape index (κ2) is 8.32. The summed E-state index contributed by atoms with van der Waals surface area (Å²) in [7, 11) is -3.07. The molecule has 6 heteroatoms. The van der Waals surface area contributed by atoms with Crippen LogP contribution >= 0.6 is 0 Å². The Morgan fingerprint density at radius 1 is 1.40 bits per heavy atom. The molecule has 0 amide bonds. The third-order valence-corrected chi connectivity index (χ3v) is 5.26. The Kier molecular flexibility index (Phi) is 7.43. The highest BCUT2D eigenvalue weighted by molar-refractivity contribution is 7.88. The van der Waals surface area contributed by atoms with Gasteiger partial charge in [-0.15, -0.1) is 0 Å². The topological polar surface area (TPSA) is 72.6 Å². The molecule has 120 valence electrons. The molecule has 0 radical (unpaired) electrons. The van der Waals surface area contributed by atoms with Crippen LogP contribution in [-0.4, -0.2) is 50.8 Å². The van der Waals surface area contributed by atoms with E-state index in [1.54, 1.807) is 4.31 Å². The largest absolute Gasteiger partial charge is 0.377 e. The lowest BCUT2D eigenvalue weighted by Crippen LogP contribution is -2.44. The third kappa shape index (κ3) is 5.68. The molecule has 0 aromatic heterocycles. The molecule has 0 saturated carbocycles. The lowest BCUT2D eigenvalue weighted by molar-refractivity contribution is 0.0297. The van der Waals surface area contributed by atoms with Gasteiger partial charge in [0.05, 0.1) is 12.4 Å². The molecule has 1 saturated heterocycles. The molecule has 3 unspecified atom stereocenters. The molecule has 5 nitrogen and oxygen atoms in total. The zero-order chi connectivity index (χ0) is 15.2. The van der Waals surface area contributed by atoms with E-state index in [9.17, 15) is 8.42 Å². The van der Waals surface area contributed by atoms with Crippen molar-refractivity contribution in [3.63, 3.8) is 0 Å². The first-order valence-corrected chi connectivity index (χ1v) is 9.55. The molecular weight excluding hydrogens is 276 g/mol. The number of piperidine rings is 1. The Labute approximate surface area is 123 Å². The van der Waals surface area contributed by atoms with E-state index < -0.39 is 10.0 Å². The SMILES string of the molecule is CCCC(OCC)C(N)CC1CCCN(S(C)(=O)=O)C1. The molecule has 1 aliphatic rings. The fraction of sp³-hybridized carbons (Fsp3) is 1.00. The quantitative estimate of drug-likeness (QED) is 0.739. The summed E-state index contributed by atoms with van der Waals surface area (Å²) in [4.78, 5) is 0. The van der Waals surface area contributed by atoms with Crippen LogP contribution in [0.1, 0.15) is 46.0 Å². The van der Waals surface area contributed by atoms with Crippen molar-refractivity contribution >= 4 is 10.0 Å². The first kappa shape index (κ1) is 17.9. The van der Waals surface area contributed by atoms with Gasteiger partial charge in [0, 0.05) is 25.7 Å². The minimum absolute atomic E-state index is 0.000546. The predicted octanol–water partition coefficient (Wildman–Crippen LogP) is 1.58. The number of hydrogen-bond acceptors (Lipinski definition) is 4. The highest BCUT2D eigenvalue weighted by Gasteiger charge is 2.29. The van der Waals surface area contributed by atoms with Gasteiger partial charge in [0.1, 0.15) is 0 Å². The Balaban J connectivity index is 2.53. The second-order valence-electron chi connectivity index (χ2n) is 5.81. The summed E-state index contributed by atoms with van der Waals surface area (Å²) < 4.78 is 30.6. The van der Waals surface area contributed by atoms with Crippen LogP contribution in [0.5, 0.6) is 0 Å². The van der Waals surface area contributed by atoms with Gasteiger partial charge in [-0.05, 0) is 38.5 Å². The first-order valence-electron chi connectivity index (χ1n) is 7.70. The normalized spacial score (nSPS) is 24.5. The highest BCUT2D eigenvalue weighted by atomic mass is 32.2. The summed E-state index contributed by atoms with van der Waals surface area (Å²) in [6, 6.07) is -0.000546. The van der Waals surface area contributed by atoms with Crippen molar-refractivity contribution in [3.05, 3.63) is 0 Å². The van der Waals surface area contributed by atoms with Crippen molar-refractivity contribution in [1.82, 2.24) is 4.31 Å². The summed E-state index contributed by atoms with van der Waals surface area (Å²) in [5.41, 5.74) is 6.28. The second-order valence-corrected chi connectivity index (χ2v) is 7.79. The highest BCUT2D eigenvalue weighted by Crippen LogP contribution is 2.24. The number of rotatable bonds is 8. The molecule has 1 aliphatic heterocycles. The number of hydrogen-bond donors (Lipinski definition) is 1. The number of sulfonamides is 1. The summed E-state index contributed by atoms with van der Waals surface area (Å²) in [5, 5.41) is 0. The van der Waals surface area contributed by atoms with Gasteiger partial charge in [-0.3, -0.25) is 0 Å². The van der Waals surface area contributed by atoms with E-state index in [-0.39, 0.29) is 12.1 Å². The van der Waals surface area contributed by atoms with Crippen LogP contribution < -0.4 is 5.73 Å². The van der Waals surface area contributed by atoms with Gasteiger partial charge < -0.3 is 10.5 Å². The van der Waals surface area contributed by atoms with Crippen LogP contribution in [0.4, 0.5) is 0 Å². The van der Waals surface area contributed by atoms with E-state index in [0.29, 0.717) is 25.6 Å². The van der Waals surface area contributed by atoms with E-state index >= 15 is 0 Å². The van der Waals surface area contributed by atoms with Crippen molar-refractivity contribution in [2.45, 2.75) is 58.1 Å². The van der Waals surface area contributed by atoms with Crippen LogP contribution in [0.15, 0.2) is 0 Å². The van der Waals surface area contributed by atoms with Gasteiger partial charge in [-0.2, -0.15) is 0 Å². The lowest BCUT2D eigenvalue weighted by atomic mass is 9.89. The van der Waals surface area contributed by atoms with Crippen molar-refractivity contribution in [2.24, 2.45) is 11.7 Å². The summed E-state index contributed by atoms with van der Waals surface area (Å²) >= 11 is 0. The number of ether oxygens (including phenoxy) is 1. The monoisotopic (exact) mass is 306 g/mol. The molecule has 20 heavy (non-hydrogen) atoms. The molecule has 1 fully saturated rings. The van der Waals surface area contributed by atoms with Crippen LogP contribution in [0.25, 0.3) is 0 Å². The maximum absolute atomic E-state index is 11.6. The van der Waals surface area contributed by atoms with E-state index in [2.05, 4.69) is 6.92 Å². The first-order chi connectivity index (χ1) is 9.38. The van der Waals surface area contributed by atoms with Gasteiger partial charge in [0.2, 0.25) is 10.0 Å². The van der Waals surface area contributed by atoms with E-state index in [0.717, 1.165) is 32.1 Å². The molecule has 2 N–H and O–H groups in total. The standard InChI is InChI=1S/C14H30N2O3S/c1-4-7-14(19-5-2)13(15)10-12-8-6-9-16(11-12)20(3,17)18/h12-14H,4-11,15H2,1-3H3. The predicted molar refractivity (Wildman–Crippen MR) is 82.1 cm³/mol. The Bertz CT molecular complexity index is 367. The van der Waals surface area contributed by atoms with Crippen molar-refractivity contribution in [3.8, 4) is 0 Å². The molecule has 0 bridgehead atoms. The molecule has 0 aromatic rings. The zero-order valence-electron chi connectivity index (χ0n) is 13.0. The Morgan fingerprint density at radius 2 is 2.10 bits per heavy atom. The van der Waals surface area contributed by atoms with E-state index in [1.807, 2.05) is 6.92 Å². The molecule has 0 spiro atoms. The molecule has 1 rings (SSSR count). The third-order valence-electron chi connectivity index (χ3n) is 3.99. The Morgan fingerprint density at radius 3 is 2.65 bits per heavy atom. The molecule has 0 aliphatic carbocycles. The summed E-state index contributed by atoms with van der Waals surface area (Å²) in [6.07, 6.45) is 6.24. The fourth-order valence-corrected chi connectivity index (χ4v) is 3.92. The lowest BCUT2D eigenvalue weighted by Gasteiger charge is -2.34. The van der Waals surface area contributed by atoms with Gasteiger partial charge in [0.15, 0.2) is 0 Å². The average Bonchev–Trinajstić information content (AvgIpc) is 2.38.